The number of aromatic amines is 1. The first kappa shape index (κ1) is 10.0. The van der Waals surface area contributed by atoms with Crippen molar-refractivity contribution in [3.05, 3.63) is 40.9 Å². The molecule has 1 aromatic heterocycles. The van der Waals surface area contributed by atoms with Crippen LogP contribution in [0.2, 0.25) is 0 Å². The average Bonchev–Trinajstić information content (AvgIpc) is 2.28. The van der Waals surface area contributed by atoms with Crippen LogP contribution in [0.3, 0.4) is 0 Å². The molecule has 6 heteroatoms. The van der Waals surface area contributed by atoms with Crippen molar-refractivity contribution < 1.29 is 9.84 Å². The van der Waals surface area contributed by atoms with Gasteiger partial charge in [0.2, 0.25) is 5.88 Å². The molecule has 6 nitrogen and oxygen atoms in total. The van der Waals surface area contributed by atoms with Crippen molar-refractivity contribution in [1.29, 1.82) is 0 Å². The van der Waals surface area contributed by atoms with Crippen LogP contribution in [0.4, 0.5) is 5.69 Å². The molecule has 0 atom stereocenters. The highest BCUT2D eigenvalue weighted by Gasteiger charge is 2.09. The Hall–Kier alpha value is -2.50. The number of hydrogen-bond acceptors (Lipinski definition) is 5. The van der Waals surface area contributed by atoms with E-state index in [9.17, 15) is 9.90 Å². The van der Waals surface area contributed by atoms with E-state index in [-0.39, 0.29) is 23.1 Å². The smallest absolute Gasteiger partial charge is 0.277 e. The van der Waals surface area contributed by atoms with Gasteiger partial charge in [-0.25, -0.2) is 4.98 Å². The van der Waals surface area contributed by atoms with Gasteiger partial charge in [0.05, 0.1) is 6.33 Å². The van der Waals surface area contributed by atoms with Crippen LogP contribution in [0.5, 0.6) is 17.4 Å². The molecule has 0 radical (unpaired) electrons. The number of nitrogen functional groups attached to an aromatic ring is 1. The number of aromatic hydroxyl groups is 1. The molecule has 0 saturated carbocycles. The van der Waals surface area contributed by atoms with E-state index in [1.807, 2.05) is 0 Å². The van der Waals surface area contributed by atoms with Crippen molar-refractivity contribution in [2.45, 2.75) is 0 Å². The van der Waals surface area contributed by atoms with Gasteiger partial charge in [0, 0.05) is 0 Å². The third-order valence-electron chi connectivity index (χ3n) is 1.92. The molecule has 2 rings (SSSR count). The van der Waals surface area contributed by atoms with Crippen molar-refractivity contribution in [3.63, 3.8) is 0 Å². The van der Waals surface area contributed by atoms with Gasteiger partial charge in [-0.2, -0.15) is 0 Å². The highest BCUT2D eigenvalue weighted by Crippen LogP contribution is 2.29. The molecule has 0 unspecified atom stereocenters. The van der Waals surface area contributed by atoms with Gasteiger partial charge >= 0.3 is 0 Å². The van der Waals surface area contributed by atoms with Crippen LogP contribution in [-0.2, 0) is 0 Å². The SMILES string of the molecule is Nc1c(Oc2ccccc2O)nc[nH]c1=O. The summed E-state index contributed by atoms with van der Waals surface area (Å²) in [5.74, 6) is 0.0986. The van der Waals surface area contributed by atoms with E-state index in [0.717, 1.165) is 0 Å². The minimum absolute atomic E-state index is 0.0368. The van der Waals surface area contributed by atoms with E-state index in [1.54, 1.807) is 12.1 Å². The molecule has 4 N–H and O–H groups in total. The number of rotatable bonds is 2. The second kappa shape index (κ2) is 3.93. The predicted octanol–water partition coefficient (Wildman–Crippen LogP) is 0.850. The van der Waals surface area contributed by atoms with E-state index in [2.05, 4.69) is 9.97 Å². The summed E-state index contributed by atoms with van der Waals surface area (Å²) < 4.78 is 5.21. The largest absolute Gasteiger partial charge is 0.504 e. The van der Waals surface area contributed by atoms with Crippen LogP contribution >= 0.6 is 0 Å². The molecule has 0 aliphatic heterocycles. The zero-order valence-corrected chi connectivity index (χ0v) is 8.18. The number of nitrogens with two attached hydrogens (primary N) is 1. The molecule has 0 saturated heterocycles. The Morgan fingerprint density at radius 2 is 2.12 bits per heavy atom. The lowest BCUT2D eigenvalue weighted by Gasteiger charge is -2.06. The average molecular weight is 219 g/mol. The normalized spacial score (nSPS) is 10.0. The van der Waals surface area contributed by atoms with Crippen LogP contribution in [0.15, 0.2) is 35.4 Å². The summed E-state index contributed by atoms with van der Waals surface area (Å²) in [5.41, 5.74) is 4.85. The molecular formula is C10H9N3O3. The number of hydrogen-bond donors (Lipinski definition) is 3. The number of anilines is 1. The number of benzene rings is 1. The molecule has 16 heavy (non-hydrogen) atoms. The van der Waals surface area contributed by atoms with Gasteiger partial charge in [0.25, 0.3) is 5.56 Å². The van der Waals surface area contributed by atoms with Crippen molar-refractivity contribution in [2.75, 3.05) is 5.73 Å². The molecular weight excluding hydrogens is 210 g/mol. The van der Waals surface area contributed by atoms with Crippen molar-refractivity contribution in [1.82, 2.24) is 9.97 Å². The monoisotopic (exact) mass is 219 g/mol. The lowest BCUT2D eigenvalue weighted by Crippen LogP contribution is -2.13. The lowest BCUT2D eigenvalue weighted by molar-refractivity contribution is 0.403. The Labute approximate surface area is 90.3 Å². The van der Waals surface area contributed by atoms with E-state index < -0.39 is 5.56 Å². The maximum atomic E-state index is 11.2. The molecule has 0 amide bonds. The van der Waals surface area contributed by atoms with Gasteiger partial charge in [-0.1, -0.05) is 12.1 Å². The molecule has 2 aromatic rings. The number of nitrogens with zero attached hydrogens (tertiary/aromatic N) is 1. The van der Waals surface area contributed by atoms with Crippen LogP contribution < -0.4 is 16.0 Å². The van der Waals surface area contributed by atoms with E-state index in [0.29, 0.717) is 0 Å². The zero-order chi connectivity index (χ0) is 11.5. The van der Waals surface area contributed by atoms with Crippen molar-refractivity contribution in [2.24, 2.45) is 0 Å². The zero-order valence-electron chi connectivity index (χ0n) is 8.18. The minimum atomic E-state index is -0.486. The highest BCUT2D eigenvalue weighted by atomic mass is 16.5. The second-order valence-electron chi connectivity index (χ2n) is 3.02. The number of ether oxygens (including phenoxy) is 1. The van der Waals surface area contributed by atoms with Gasteiger partial charge < -0.3 is 20.6 Å². The standard InChI is InChI=1S/C10H9N3O3/c11-8-9(15)12-5-13-10(8)16-7-4-2-1-3-6(7)14/h1-5,14H,11H2,(H,12,13,15). The molecule has 0 aliphatic carbocycles. The number of nitrogens with one attached hydrogen (secondary N) is 1. The Kier molecular flexibility index (Phi) is 2.47. The van der Waals surface area contributed by atoms with Crippen LogP contribution in [0, 0.1) is 0 Å². The van der Waals surface area contributed by atoms with E-state index >= 15 is 0 Å². The molecule has 1 heterocycles. The summed E-state index contributed by atoms with van der Waals surface area (Å²) in [6.07, 6.45) is 1.17. The topological polar surface area (TPSA) is 101 Å². The Bertz CT molecular complexity index is 565. The maximum absolute atomic E-state index is 11.2. The summed E-state index contributed by atoms with van der Waals surface area (Å²) in [6, 6.07) is 6.32. The van der Waals surface area contributed by atoms with Gasteiger partial charge in [0.1, 0.15) is 0 Å². The third-order valence-corrected chi connectivity index (χ3v) is 1.92. The minimum Gasteiger partial charge on any atom is -0.504 e. The summed E-state index contributed by atoms with van der Waals surface area (Å²) in [7, 11) is 0. The summed E-state index contributed by atoms with van der Waals surface area (Å²) in [5, 5.41) is 9.45. The third kappa shape index (κ3) is 1.81. The molecule has 0 fully saturated rings. The summed E-state index contributed by atoms with van der Waals surface area (Å²) in [4.78, 5) is 17.2. The first-order valence-corrected chi connectivity index (χ1v) is 4.47. The van der Waals surface area contributed by atoms with E-state index in [1.165, 1.54) is 18.5 Å². The first-order chi connectivity index (χ1) is 7.68. The fourth-order valence-corrected chi connectivity index (χ4v) is 1.12. The predicted molar refractivity (Wildman–Crippen MR) is 57.5 cm³/mol. The quantitative estimate of drug-likeness (QED) is 0.695. The Balaban J connectivity index is 2.38. The van der Waals surface area contributed by atoms with Gasteiger partial charge in [0.15, 0.2) is 17.2 Å². The van der Waals surface area contributed by atoms with Gasteiger partial charge in [-0.15, -0.1) is 0 Å². The lowest BCUT2D eigenvalue weighted by atomic mass is 10.3. The first-order valence-electron chi connectivity index (χ1n) is 4.47. The fraction of sp³-hybridized carbons (Fsp3) is 0. The van der Waals surface area contributed by atoms with Crippen molar-refractivity contribution >= 4 is 5.69 Å². The number of phenolic OH excluding ortho intramolecular Hbond substituents is 1. The van der Waals surface area contributed by atoms with Crippen LogP contribution in [0.25, 0.3) is 0 Å². The second-order valence-corrected chi connectivity index (χ2v) is 3.02. The molecule has 0 aliphatic rings. The maximum Gasteiger partial charge on any atom is 0.277 e. The Morgan fingerprint density at radius 1 is 1.38 bits per heavy atom. The van der Waals surface area contributed by atoms with E-state index in [4.69, 9.17) is 10.5 Å². The Morgan fingerprint density at radius 3 is 2.88 bits per heavy atom. The molecule has 0 spiro atoms. The molecule has 0 bridgehead atoms. The number of para-hydroxylation sites is 2. The van der Waals surface area contributed by atoms with Crippen molar-refractivity contribution in [3.8, 4) is 17.4 Å². The van der Waals surface area contributed by atoms with Gasteiger partial charge in [-0.3, -0.25) is 4.79 Å². The van der Waals surface area contributed by atoms with Crippen LogP contribution in [-0.4, -0.2) is 15.1 Å². The van der Waals surface area contributed by atoms with Crippen LogP contribution in [0.1, 0.15) is 0 Å². The highest BCUT2D eigenvalue weighted by molar-refractivity contribution is 5.49. The fourth-order valence-electron chi connectivity index (χ4n) is 1.12. The van der Waals surface area contributed by atoms with Gasteiger partial charge in [-0.05, 0) is 12.1 Å². The molecule has 82 valence electrons. The number of aromatic nitrogens is 2. The number of phenols is 1. The summed E-state index contributed by atoms with van der Waals surface area (Å²) in [6.45, 7) is 0. The molecule has 1 aromatic carbocycles. The number of H-pyrrole nitrogens is 1. The summed E-state index contributed by atoms with van der Waals surface area (Å²) >= 11 is 0.